The largest absolute Gasteiger partial charge is 0.495 e. The summed E-state index contributed by atoms with van der Waals surface area (Å²) in [5.74, 6) is 1.53. The number of rotatable bonds is 8. The number of piperazine rings is 1. The van der Waals surface area contributed by atoms with Crippen LogP contribution in [0.1, 0.15) is 22.3 Å². The van der Waals surface area contributed by atoms with Crippen molar-refractivity contribution < 1.29 is 23.8 Å². The van der Waals surface area contributed by atoms with Crippen molar-refractivity contribution in [1.82, 2.24) is 9.80 Å². The van der Waals surface area contributed by atoms with Crippen molar-refractivity contribution in [2.45, 2.75) is 12.8 Å². The van der Waals surface area contributed by atoms with E-state index in [2.05, 4.69) is 10.2 Å². The zero-order valence-electron chi connectivity index (χ0n) is 19.1. The fraction of sp³-hybridized carbons (Fsp3) is 0.417. The van der Waals surface area contributed by atoms with Gasteiger partial charge in [-0.15, -0.1) is 0 Å². The Morgan fingerprint density at radius 3 is 2.31 bits per heavy atom. The number of carbonyl (C=O) groups excluding carboxylic acids is 2. The third-order valence-corrected chi connectivity index (χ3v) is 5.62. The first kappa shape index (κ1) is 23.4. The number of methoxy groups -OCH3 is 3. The monoisotopic (exact) mass is 441 g/mol. The number of hydrogen-bond acceptors (Lipinski definition) is 6. The number of likely N-dealkylation sites (N-methyl/N-ethyl adjacent to an activating group) is 1. The van der Waals surface area contributed by atoms with Crippen LogP contribution in [0, 0.1) is 0 Å². The smallest absolute Gasteiger partial charge is 0.254 e. The molecular formula is C24H31N3O5. The number of carbonyl (C=O) groups is 2. The molecule has 2 amide bonds. The molecule has 1 aliphatic rings. The highest BCUT2D eigenvalue weighted by Gasteiger charge is 2.22. The van der Waals surface area contributed by atoms with Crippen molar-refractivity contribution in [3.63, 3.8) is 0 Å². The van der Waals surface area contributed by atoms with E-state index >= 15 is 0 Å². The number of hydrogen-bond donors (Lipinski definition) is 1. The Morgan fingerprint density at radius 2 is 1.66 bits per heavy atom. The maximum atomic E-state index is 12.9. The van der Waals surface area contributed by atoms with Crippen LogP contribution in [0.4, 0.5) is 5.69 Å². The second kappa shape index (κ2) is 10.9. The number of nitrogens with zero attached hydrogens (tertiary/aromatic N) is 2. The van der Waals surface area contributed by atoms with Gasteiger partial charge >= 0.3 is 0 Å². The van der Waals surface area contributed by atoms with E-state index < -0.39 is 0 Å². The summed E-state index contributed by atoms with van der Waals surface area (Å²) < 4.78 is 16.1. The third kappa shape index (κ3) is 5.50. The van der Waals surface area contributed by atoms with E-state index in [9.17, 15) is 9.59 Å². The Bertz CT molecular complexity index is 955. The molecule has 0 atom stereocenters. The summed E-state index contributed by atoms with van der Waals surface area (Å²) in [5, 5.41) is 2.89. The number of para-hydroxylation sites is 1. The van der Waals surface area contributed by atoms with Gasteiger partial charge in [0, 0.05) is 38.2 Å². The van der Waals surface area contributed by atoms with Crippen LogP contribution in [0.3, 0.4) is 0 Å². The molecule has 172 valence electrons. The first-order valence-corrected chi connectivity index (χ1v) is 10.6. The quantitative estimate of drug-likeness (QED) is 0.679. The molecule has 0 radical (unpaired) electrons. The minimum Gasteiger partial charge on any atom is -0.495 e. The number of benzene rings is 2. The van der Waals surface area contributed by atoms with Gasteiger partial charge in [-0.2, -0.15) is 0 Å². The molecule has 1 fully saturated rings. The molecule has 0 saturated carbocycles. The Balaban J connectivity index is 1.69. The van der Waals surface area contributed by atoms with E-state index in [0.29, 0.717) is 48.0 Å². The molecule has 1 heterocycles. The third-order valence-electron chi connectivity index (χ3n) is 5.62. The van der Waals surface area contributed by atoms with Gasteiger partial charge in [0.25, 0.3) is 5.91 Å². The lowest BCUT2D eigenvalue weighted by Gasteiger charge is -2.32. The number of ether oxygens (including phenoxy) is 3. The van der Waals surface area contributed by atoms with Gasteiger partial charge in [-0.25, -0.2) is 0 Å². The standard InChI is InChI=1S/C24H31N3O5/c1-26-12-14-27(15-13-26)24(29)18-8-10-20(30-2)19(16-18)25-22(28)11-9-17-6-5-7-21(31-3)23(17)32-4/h5-8,10,16H,9,11-15H2,1-4H3,(H,25,28). The first-order chi connectivity index (χ1) is 15.5. The molecule has 0 bridgehead atoms. The van der Waals surface area contributed by atoms with Gasteiger partial charge in [-0.1, -0.05) is 12.1 Å². The Kier molecular flexibility index (Phi) is 7.94. The topological polar surface area (TPSA) is 80.3 Å². The Labute approximate surface area is 189 Å². The van der Waals surface area contributed by atoms with E-state index in [0.717, 1.165) is 18.7 Å². The van der Waals surface area contributed by atoms with Gasteiger partial charge in [-0.3, -0.25) is 9.59 Å². The summed E-state index contributed by atoms with van der Waals surface area (Å²) in [7, 11) is 6.74. The van der Waals surface area contributed by atoms with Crippen LogP contribution in [0.15, 0.2) is 36.4 Å². The molecule has 1 saturated heterocycles. The van der Waals surface area contributed by atoms with E-state index in [4.69, 9.17) is 14.2 Å². The first-order valence-electron chi connectivity index (χ1n) is 10.6. The molecule has 2 aromatic carbocycles. The fourth-order valence-electron chi connectivity index (χ4n) is 3.74. The summed E-state index contributed by atoms with van der Waals surface area (Å²) in [6, 6.07) is 10.7. The van der Waals surface area contributed by atoms with Crippen LogP contribution in [0.25, 0.3) is 0 Å². The second-order valence-corrected chi connectivity index (χ2v) is 7.71. The van der Waals surface area contributed by atoms with Crippen LogP contribution < -0.4 is 19.5 Å². The maximum absolute atomic E-state index is 12.9. The highest BCUT2D eigenvalue weighted by molar-refractivity contribution is 5.98. The summed E-state index contributed by atoms with van der Waals surface area (Å²) in [5.41, 5.74) is 1.89. The molecule has 0 aromatic heterocycles. The van der Waals surface area contributed by atoms with E-state index in [1.165, 1.54) is 7.11 Å². The summed E-state index contributed by atoms with van der Waals surface area (Å²) in [4.78, 5) is 29.6. The van der Waals surface area contributed by atoms with E-state index in [1.54, 1.807) is 32.4 Å². The fourth-order valence-corrected chi connectivity index (χ4v) is 3.74. The molecule has 3 rings (SSSR count). The highest BCUT2D eigenvalue weighted by Crippen LogP contribution is 2.32. The molecular weight excluding hydrogens is 410 g/mol. The van der Waals surface area contributed by atoms with Gasteiger partial charge in [0.05, 0.1) is 27.0 Å². The Hall–Kier alpha value is -3.26. The van der Waals surface area contributed by atoms with Gasteiger partial charge in [0.15, 0.2) is 11.5 Å². The number of amides is 2. The molecule has 1 N–H and O–H groups in total. The molecule has 32 heavy (non-hydrogen) atoms. The van der Waals surface area contributed by atoms with Crippen molar-refractivity contribution >= 4 is 17.5 Å². The van der Waals surface area contributed by atoms with Crippen LogP contribution in [-0.2, 0) is 11.2 Å². The van der Waals surface area contributed by atoms with Gasteiger partial charge in [0.1, 0.15) is 5.75 Å². The minimum absolute atomic E-state index is 0.0441. The van der Waals surface area contributed by atoms with Crippen molar-refractivity contribution in [1.29, 1.82) is 0 Å². The molecule has 0 spiro atoms. The van der Waals surface area contributed by atoms with E-state index in [1.807, 2.05) is 30.1 Å². The predicted molar refractivity (Wildman–Crippen MR) is 123 cm³/mol. The van der Waals surface area contributed by atoms with E-state index in [-0.39, 0.29) is 18.2 Å². The highest BCUT2D eigenvalue weighted by atomic mass is 16.5. The summed E-state index contributed by atoms with van der Waals surface area (Å²) in [6.45, 7) is 3.06. The lowest BCUT2D eigenvalue weighted by atomic mass is 10.1. The molecule has 0 unspecified atom stereocenters. The maximum Gasteiger partial charge on any atom is 0.254 e. The normalized spacial score (nSPS) is 14.1. The number of aryl methyl sites for hydroxylation is 1. The van der Waals surface area contributed by atoms with Crippen molar-refractivity contribution in [2.75, 3.05) is 59.9 Å². The van der Waals surface area contributed by atoms with Crippen molar-refractivity contribution in [3.05, 3.63) is 47.5 Å². The van der Waals surface area contributed by atoms with Gasteiger partial charge in [-0.05, 0) is 43.3 Å². The second-order valence-electron chi connectivity index (χ2n) is 7.71. The molecule has 8 nitrogen and oxygen atoms in total. The van der Waals surface area contributed by atoms with Crippen molar-refractivity contribution in [2.24, 2.45) is 0 Å². The van der Waals surface area contributed by atoms with Crippen LogP contribution >= 0.6 is 0 Å². The molecule has 0 aliphatic carbocycles. The molecule has 1 aliphatic heterocycles. The van der Waals surface area contributed by atoms with Gasteiger partial charge < -0.3 is 29.3 Å². The lowest BCUT2D eigenvalue weighted by molar-refractivity contribution is -0.116. The number of anilines is 1. The van der Waals surface area contributed by atoms with Crippen LogP contribution in [0.5, 0.6) is 17.2 Å². The zero-order valence-corrected chi connectivity index (χ0v) is 19.1. The molecule has 8 heteroatoms. The average molecular weight is 442 g/mol. The zero-order chi connectivity index (χ0) is 23.1. The summed E-state index contributed by atoms with van der Waals surface area (Å²) >= 11 is 0. The molecule has 2 aromatic rings. The number of nitrogens with one attached hydrogen (secondary N) is 1. The SMILES string of the molecule is COc1ccc(C(=O)N2CCN(C)CC2)cc1NC(=O)CCc1cccc(OC)c1OC. The minimum atomic E-state index is -0.183. The van der Waals surface area contributed by atoms with Crippen LogP contribution in [0.2, 0.25) is 0 Å². The van der Waals surface area contributed by atoms with Crippen molar-refractivity contribution in [3.8, 4) is 17.2 Å². The lowest BCUT2D eigenvalue weighted by Crippen LogP contribution is -2.47. The summed E-state index contributed by atoms with van der Waals surface area (Å²) in [6.07, 6.45) is 0.720. The predicted octanol–water partition coefficient (Wildman–Crippen LogP) is 2.67. The van der Waals surface area contributed by atoms with Gasteiger partial charge in [0.2, 0.25) is 5.91 Å². The van der Waals surface area contributed by atoms with Crippen LogP contribution in [-0.4, -0.2) is 76.2 Å². The average Bonchev–Trinajstić information content (AvgIpc) is 2.82. The Morgan fingerprint density at radius 1 is 0.938 bits per heavy atom.